The lowest BCUT2D eigenvalue weighted by atomic mass is 10.1. The van der Waals surface area contributed by atoms with Gasteiger partial charge < -0.3 is 5.32 Å². The Morgan fingerprint density at radius 3 is 2.87 bits per heavy atom. The van der Waals surface area contributed by atoms with Crippen LogP contribution in [-0.2, 0) is 0 Å². The highest BCUT2D eigenvalue weighted by Gasteiger charge is 2.00. The second kappa shape index (κ2) is 5.86. The fraction of sp³-hybridized carbons (Fsp3) is 0.143. The summed E-state index contributed by atoms with van der Waals surface area (Å²) in [5.41, 5.74) is 3.11. The Balaban J connectivity index is 3.07. The first kappa shape index (κ1) is 11.3. The quantitative estimate of drug-likeness (QED) is 0.716. The Morgan fingerprint density at radius 1 is 1.40 bits per heavy atom. The highest BCUT2D eigenvalue weighted by Crippen LogP contribution is 2.13. The van der Waals surface area contributed by atoms with Gasteiger partial charge in [-0.3, -0.25) is 0 Å². The molecular weight excluding hydrogens is 182 g/mol. The summed E-state index contributed by atoms with van der Waals surface area (Å²) in [6.45, 7) is 9.73. The average molecular weight is 199 g/mol. The van der Waals surface area contributed by atoms with Gasteiger partial charge in [0.15, 0.2) is 0 Å². The van der Waals surface area contributed by atoms with Crippen LogP contribution in [0.25, 0.3) is 0 Å². The molecule has 0 spiro atoms. The van der Waals surface area contributed by atoms with E-state index in [1.54, 1.807) is 0 Å². The maximum Gasteiger partial charge on any atom is 0.0413 e. The van der Waals surface area contributed by atoms with Gasteiger partial charge in [-0.15, -0.1) is 0 Å². The topological polar surface area (TPSA) is 12.0 Å². The second-order valence-electron chi connectivity index (χ2n) is 3.28. The van der Waals surface area contributed by atoms with E-state index in [0.29, 0.717) is 0 Å². The Kier molecular flexibility index (Phi) is 4.42. The zero-order valence-corrected chi connectivity index (χ0v) is 9.16. The van der Waals surface area contributed by atoms with Crippen molar-refractivity contribution in [1.29, 1.82) is 0 Å². The van der Waals surface area contributed by atoms with Crippen LogP contribution in [0.15, 0.2) is 72.7 Å². The summed E-state index contributed by atoms with van der Waals surface area (Å²) >= 11 is 0. The van der Waals surface area contributed by atoms with E-state index in [4.69, 9.17) is 0 Å². The minimum absolute atomic E-state index is 0.874. The molecule has 15 heavy (non-hydrogen) atoms. The van der Waals surface area contributed by atoms with E-state index in [1.807, 2.05) is 37.3 Å². The van der Waals surface area contributed by atoms with Crippen molar-refractivity contribution in [3.05, 3.63) is 72.7 Å². The van der Waals surface area contributed by atoms with Crippen molar-refractivity contribution in [2.24, 2.45) is 0 Å². The summed E-state index contributed by atoms with van der Waals surface area (Å²) < 4.78 is 0. The van der Waals surface area contributed by atoms with Gasteiger partial charge in [-0.05, 0) is 31.1 Å². The third kappa shape index (κ3) is 3.47. The lowest BCUT2D eigenvalue weighted by molar-refractivity contribution is 1.02. The average Bonchev–Trinajstić information content (AvgIpc) is 2.31. The van der Waals surface area contributed by atoms with Gasteiger partial charge in [0.1, 0.15) is 0 Å². The summed E-state index contributed by atoms with van der Waals surface area (Å²) in [5, 5.41) is 3.23. The molecule has 0 saturated carbocycles. The van der Waals surface area contributed by atoms with Crippen LogP contribution in [0.5, 0.6) is 0 Å². The van der Waals surface area contributed by atoms with Crippen LogP contribution in [0.4, 0.5) is 0 Å². The normalized spacial score (nSPS) is 26.3. The van der Waals surface area contributed by atoms with E-state index in [2.05, 4.69) is 30.6 Å². The van der Waals surface area contributed by atoms with E-state index < -0.39 is 0 Å². The minimum atomic E-state index is 0.874. The van der Waals surface area contributed by atoms with E-state index in [-0.39, 0.29) is 0 Å². The predicted octanol–water partition coefficient (Wildman–Crippen LogP) is 3.62. The Bertz CT molecular complexity index is 365. The number of hydrogen-bond acceptors (Lipinski definition) is 1. The van der Waals surface area contributed by atoms with Crippen molar-refractivity contribution in [1.82, 2.24) is 5.32 Å². The Hall–Kier alpha value is -1.76. The number of allylic oxidation sites excluding steroid dienone is 8. The summed E-state index contributed by atoms with van der Waals surface area (Å²) in [7, 11) is 0. The molecule has 1 aliphatic rings. The molecule has 0 radical (unpaired) electrons. The molecule has 0 unspecified atom stereocenters. The maximum atomic E-state index is 3.91. The molecule has 0 aliphatic carbocycles. The van der Waals surface area contributed by atoms with Crippen LogP contribution in [0.3, 0.4) is 0 Å². The molecule has 1 N–H and O–H groups in total. The molecule has 0 amide bonds. The largest absolute Gasteiger partial charge is 0.356 e. The molecule has 0 fully saturated rings. The van der Waals surface area contributed by atoms with E-state index in [1.165, 1.54) is 5.57 Å². The van der Waals surface area contributed by atoms with Gasteiger partial charge in [0, 0.05) is 11.4 Å². The molecular formula is C14H17N. The van der Waals surface area contributed by atoms with Crippen LogP contribution in [-0.4, -0.2) is 0 Å². The Labute approximate surface area is 91.9 Å². The molecule has 0 aromatic heterocycles. The lowest BCUT2D eigenvalue weighted by Crippen LogP contribution is -2.10. The van der Waals surface area contributed by atoms with Gasteiger partial charge in [0.25, 0.3) is 0 Å². The summed E-state index contributed by atoms with van der Waals surface area (Å²) in [6.07, 6.45) is 14.9. The zero-order valence-electron chi connectivity index (χ0n) is 9.16. The fourth-order valence-electron chi connectivity index (χ4n) is 1.39. The highest BCUT2D eigenvalue weighted by atomic mass is 14.9. The number of rotatable bonds is 2. The SMILES string of the molecule is C=C/C1=C(\C=C/C)C/C=C\C=C/C(=C)N1. The predicted molar refractivity (Wildman–Crippen MR) is 67.2 cm³/mol. The molecule has 1 heterocycles. The molecule has 0 aromatic rings. The molecule has 0 bridgehead atoms. The first-order valence-corrected chi connectivity index (χ1v) is 5.05. The van der Waals surface area contributed by atoms with Crippen LogP contribution in [0, 0.1) is 0 Å². The van der Waals surface area contributed by atoms with Crippen LogP contribution < -0.4 is 5.32 Å². The van der Waals surface area contributed by atoms with E-state index >= 15 is 0 Å². The van der Waals surface area contributed by atoms with Crippen molar-refractivity contribution in [2.75, 3.05) is 0 Å². The van der Waals surface area contributed by atoms with Crippen molar-refractivity contribution >= 4 is 0 Å². The molecule has 1 rings (SSSR count). The van der Waals surface area contributed by atoms with Crippen LogP contribution in [0.2, 0.25) is 0 Å². The van der Waals surface area contributed by atoms with Crippen LogP contribution in [0.1, 0.15) is 13.3 Å². The third-order valence-corrected chi connectivity index (χ3v) is 2.10. The summed E-state index contributed by atoms with van der Waals surface area (Å²) in [5.74, 6) is 0. The van der Waals surface area contributed by atoms with Gasteiger partial charge >= 0.3 is 0 Å². The molecule has 0 atom stereocenters. The monoisotopic (exact) mass is 199 g/mol. The standard InChI is InChI=1S/C14H17N/c1-4-9-13-11-8-6-7-10-12(3)15-14(13)5-2/h4-10,15H,2-3,11H2,1H3/b8-6-,9-4-,10-7-,14-13-. The zero-order chi connectivity index (χ0) is 11.1. The molecule has 78 valence electrons. The first-order valence-electron chi connectivity index (χ1n) is 5.05. The molecule has 0 aromatic carbocycles. The minimum Gasteiger partial charge on any atom is -0.356 e. The fourth-order valence-corrected chi connectivity index (χ4v) is 1.39. The van der Waals surface area contributed by atoms with Gasteiger partial charge in [0.2, 0.25) is 0 Å². The third-order valence-electron chi connectivity index (χ3n) is 2.10. The molecule has 1 aliphatic heterocycles. The smallest absolute Gasteiger partial charge is 0.0413 e. The summed E-state index contributed by atoms with van der Waals surface area (Å²) in [4.78, 5) is 0. The lowest BCUT2D eigenvalue weighted by Gasteiger charge is -2.10. The number of nitrogens with one attached hydrogen (secondary N) is 1. The van der Waals surface area contributed by atoms with Crippen molar-refractivity contribution in [2.45, 2.75) is 13.3 Å². The van der Waals surface area contributed by atoms with Crippen molar-refractivity contribution < 1.29 is 0 Å². The number of hydrogen-bond donors (Lipinski definition) is 1. The van der Waals surface area contributed by atoms with E-state index in [0.717, 1.165) is 17.8 Å². The van der Waals surface area contributed by atoms with Crippen LogP contribution >= 0.6 is 0 Å². The molecule has 1 nitrogen and oxygen atoms in total. The molecule has 1 heteroatoms. The maximum absolute atomic E-state index is 3.91. The highest BCUT2D eigenvalue weighted by molar-refractivity contribution is 5.37. The molecule has 0 saturated heterocycles. The summed E-state index contributed by atoms with van der Waals surface area (Å²) in [6, 6.07) is 0. The first-order chi connectivity index (χ1) is 7.27. The van der Waals surface area contributed by atoms with Gasteiger partial charge in [0.05, 0.1) is 0 Å². The van der Waals surface area contributed by atoms with Gasteiger partial charge in [-0.25, -0.2) is 0 Å². The van der Waals surface area contributed by atoms with Crippen molar-refractivity contribution in [3.8, 4) is 0 Å². The Morgan fingerprint density at radius 2 is 2.20 bits per heavy atom. The van der Waals surface area contributed by atoms with Crippen molar-refractivity contribution in [3.63, 3.8) is 0 Å². The van der Waals surface area contributed by atoms with Gasteiger partial charge in [-0.2, -0.15) is 0 Å². The van der Waals surface area contributed by atoms with E-state index in [9.17, 15) is 0 Å². The van der Waals surface area contributed by atoms with Gasteiger partial charge in [-0.1, -0.05) is 43.5 Å². The second-order valence-corrected chi connectivity index (χ2v) is 3.28.